The number of aliphatic hydroxyl groups is 1. The first kappa shape index (κ1) is 18.3. The first-order chi connectivity index (χ1) is 10.0. The van der Waals surface area contributed by atoms with Gasteiger partial charge in [0.25, 0.3) is 0 Å². The molecule has 0 aliphatic rings. The Morgan fingerprint density at radius 3 is 2.23 bits per heavy atom. The molecule has 0 saturated carbocycles. The Morgan fingerprint density at radius 2 is 1.68 bits per heavy atom. The molecule has 120 valence electrons. The fourth-order valence-electron chi connectivity index (χ4n) is 1.45. The lowest BCUT2D eigenvalue weighted by atomic mass is 9.89. The van der Waals surface area contributed by atoms with Gasteiger partial charge < -0.3 is 24.9 Å². The Labute approximate surface area is 129 Å². The molecule has 0 radical (unpaired) electrons. The van der Waals surface area contributed by atoms with Crippen molar-refractivity contribution >= 4 is 18.2 Å². The highest BCUT2D eigenvalue weighted by molar-refractivity contribution is 6.30. The summed E-state index contributed by atoms with van der Waals surface area (Å²) in [4.78, 5) is 8.13. The molecule has 0 unspecified atom stereocenters. The summed E-state index contributed by atoms with van der Waals surface area (Å²) in [5, 5.41) is 32.5. The van der Waals surface area contributed by atoms with E-state index in [4.69, 9.17) is 19.8 Å². The molecule has 0 amide bonds. The molecule has 2 aromatic rings. The maximum atomic E-state index is 10.1. The summed E-state index contributed by atoms with van der Waals surface area (Å²) >= 11 is 0. The zero-order valence-corrected chi connectivity index (χ0v) is 13.1. The second-order valence-electron chi connectivity index (χ2n) is 5.76. The van der Waals surface area contributed by atoms with Crippen molar-refractivity contribution in [1.29, 1.82) is 0 Å². The summed E-state index contributed by atoms with van der Waals surface area (Å²) in [5.41, 5.74) is -0.746. The fraction of sp³-hybridized carbons (Fsp3) is 0.429. The van der Waals surface area contributed by atoms with E-state index in [0.717, 1.165) is 10.9 Å². The van der Waals surface area contributed by atoms with E-state index >= 15 is 0 Å². The van der Waals surface area contributed by atoms with Crippen molar-refractivity contribution in [2.45, 2.75) is 38.9 Å². The zero-order chi connectivity index (χ0) is 17.0. The van der Waals surface area contributed by atoms with Gasteiger partial charge in [-0.1, -0.05) is 0 Å². The van der Waals surface area contributed by atoms with Crippen molar-refractivity contribution in [3.63, 3.8) is 0 Å². The number of benzene rings is 1. The van der Waals surface area contributed by atoms with Gasteiger partial charge in [0.15, 0.2) is 0 Å². The molecule has 0 fully saturated rings. The molecule has 4 N–H and O–H groups in total. The molecule has 0 aliphatic heterocycles. The minimum absolute atomic E-state index is 0.684. The van der Waals surface area contributed by atoms with Crippen molar-refractivity contribution in [2.24, 2.45) is 0 Å². The van der Waals surface area contributed by atoms with Gasteiger partial charge in [0.2, 0.25) is 0 Å². The van der Waals surface area contributed by atoms with Gasteiger partial charge >= 0.3 is 7.32 Å². The molecule has 0 saturated heterocycles. The lowest BCUT2D eigenvalue weighted by Gasteiger charge is -2.37. The van der Waals surface area contributed by atoms with Crippen molar-refractivity contribution in [3.05, 3.63) is 30.7 Å². The smallest absolute Gasteiger partial charge is 0.485 e. The van der Waals surface area contributed by atoms with Gasteiger partial charge in [-0.05, 0) is 45.9 Å². The van der Waals surface area contributed by atoms with Crippen molar-refractivity contribution < 1.29 is 24.9 Å². The summed E-state index contributed by atoms with van der Waals surface area (Å²) in [6, 6.07) is 5.61. The number of hydrogen-bond acceptors (Lipinski definition) is 7. The number of nitrogens with zero attached hydrogens (tertiary/aromatic N) is 2. The Bertz CT molecular complexity index is 611. The molecule has 0 bridgehead atoms. The van der Waals surface area contributed by atoms with Gasteiger partial charge in [0, 0.05) is 11.6 Å². The van der Waals surface area contributed by atoms with Crippen LogP contribution in [0.25, 0.3) is 10.9 Å². The van der Waals surface area contributed by atoms with Crippen LogP contribution in [0.1, 0.15) is 27.7 Å². The summed E-state index contributed by atoms with van der Waals surface area (Å²) in [5.74, 6) is 0.699. The van der Waals surface area contributed by atoms with E-state index < -0.39 is 18.5 Å². The third-order valence-electron chi connectivity index (χ3n) is 3.32. The Kier molecular flexibility index (Phi) is 5.84. The first-order valence-corrected chi connectivity index (χ1v) is 6.68. The molecule has 2 rings (SSSR count). The number of ether oxygens (including phenoxy) is 1. The summed E-state index contributed by atoms with van der Waals surface area (Å²) in [6.45, 7) is 7.19. The largest absolute Gasteiger partial charge is 0.631 e. The molecule has 0 atom stereocenters. The number of fused-ring (bicyclic) bond motifs is 1. The molecule has 22 heavy (non-hydrogen) atoms. The molecule has 1 heterocycles. The Morgan fingerprint density at radius 1 is 1.09 bits per heavy atom. The van der Waals surface area contributed by atoms with E-state index in [1.807, 2.05) is 32.0 Å². The summed E-state index contributed by atoms with van der Waals surface area (Å²) in [6.07, 6.45) is 3.26. The lowest BCUT2D eigenvalue weighted by molar-refractivity contribution is -0.0906. The predicted octanol–water partition coefficient (Wildman–Crippen LogP) is 0.506. The maximum absolute atomic E-state index is 10.1. The average molecular weight is 308 g/mol. The van der Waals surface area contributed by atoms with Crippen LogP contribution in [0, 0.1) is 0 Å². The van der Waals surface area contributed by atoms with Gasteiger partial charge in [-0.3, -0.25) is 0 Å². The third-order valence-corrected chi connectivity index (χ3v) is 3.32. The van der Waals surface area contributed by atoms with E-state index in [2.05, 4.69) is 9.97 Å². The van der Waals surface area contributed by atoms with Crippen LogP contribution < -0.4 is 4.74 Å². The van der Waals surface area contributed by atoms with E-state index in [9.17, 15) is 5.11 Å². The number of hydrogen-bond donors (Lipinski definition) is 4. The maximum Gasteiger partial charge on any atom is 0.631 e. The van der Waals surface area contributed by atoms with Crippen LogP contribution in [0.2, 0.25) is 0 Å². The van der Waals surface area contributed by atoms with Gasteiger partial charge in [-0.15, -0.1) is 0 Å². The summed E-state index contributed by atoms with van der Waals surface area (Å²) < 4.78 is 5.87. The highest BCUT2D eigenvalue weighted by atomic mass is 16.5. The van der Waals surface area contributed by atoms with Gasteiger partial charge in [-0.25, -0.2) is 9.97 Å². The topological polar surface area (TPSA) is 116 Å². The van der Waals surface area contributed by atoms with Gasteiger partial charge in [0.1, 0.15) is 17.7 Å². The van der Waals surface area contributed by atoms with Crippen LogP contribution in [0.15, 0.2) is 30.7 Å². The van der Waals surface area contributed by atoms with Crippen LogP contribution in [-0.2, 0) is 0 Å². The molecule has 1 aromatic carbocycles. The molecule has 8 heteroatoms. The fourth-order valence-corrected chi connectivity index (χ4v) is 1.45. The first-order valence-electron chi connectivity index (χ1n) is 6.68. The van der Waals surface area contributed by atoms with Crippen LogP contribution in [0.5, 0.6) is 5.75 Å². The van der Waals surface area contributed by atoms with Crippen molar-refractivity contribution in [1.82, 2.24) is 9.97 Å². The highest BCUT2D eigenvalue weighted by Crippen LogP contribution is 2.29. The Hall–Kier alpha value is -1.74. The van der Waals surface area contributed by atoms with Crippen molar-refractivity contribution in [2.75, 3.05) is 0 Å². The molecule has 0 aliphatic carbocycles. The zero-order valence-electron chi connectivity index (χ0n) is 13.1. The molecular weight excluding hydrogens is 287 g/mol. The van der Waals surface area contributed by atoms with Crippen LogP contribution in [0.4, 0.5) is 0 Å². The van der Waals surface area contributed by atoms with E-state index in [1.54, 1.807) is 20.0 Å². The Balaban J connectivity index is 0.000000541. The van der Waals surface area contributed by atoms with Gasteiger partial charge in [0.05, 0.1) is 11.1 Å². The normalized spacial score (nSPS) is 11.6. The molecular formula is C14H21BN2O5. The minimum atomic E-state index is -2.17. The summed E-state index contributed by atoms with van der Waals surface area (Å²) in [7, 11) is -2.17. The van der Waals surface area contributed by atoms with Crippen LogP contribution in [0.3, 0.4) is 0 Å². The predicted molar refractivity (Wildman–Crippen MR) is 83.0 cm³/mol. The van der Waals surface area contributed by atoms with Crippen LogP contribution in [-0.4, -0.2) is 48.7 Å². The second-order valence-corrected chi connectivity index (χ2v) is 5.76. The molecule has 1 aromatic heterocycles. The average Bonchev–Trinajstić information content (AvgIpc) is 2.36. The second kappa shape index (κ2) is 7.02. The SMILES string of the molecule is CC(C)(O)C(C)(C)Oc1ccc2ncncc2c1.OB(O)O. The minimum Gasteiger partial charge on any atom is -0.485 e. The molecule has 0 spiro atoms. The number of rotatable bonds is 3. The van der Waals surface area contributed by atoms with E-state index in [-0.39, 0.29) is 0 Å². The van der Waals surface area contributed by atoms with E-state index in [1.165, 1.54) is 6.33 Å². The third kappa shape index (κ3) is 5.23. The standard InChI is InChI=1S/C14H18N2O2.BH3O3/c1-13(2,17)14(3,4)18-11-5-6-12-10(7-11)8-15-9-16-12;2-1(3)4/h5-9,17H,1-4H3;2-4H. The lowest BCUT2D eigenvalue weighted by Crippen LogP contribution is -2.49. The van der Waals surface area contributed by atoms with Crippen LogP contribution >= 0.6 is 0 Å². The van der Waals surface area contributed by atoms with E-state index in [0.29, 0.717) is 5.75 Å². The molecule has 7 nitrogen and oxygen atoms in total. The number of aromatic nitrogens is 2. The van der Waals surface area contributed by atoms with Crippen molar-refractivity contribution in [3.8, 4) is 5.75 Å². The highest BCUT2D eigenvalue weighted by Gasteiger charge is 2.37. The quantitative estimate of drug-likeness (QED) is 0.610. The van der Waals surface area contributed by atoms with Gasteiger partial charge in [-0.2, -0.15) is 0 Å². The monoisotopic (exact) mass is 308 g/mol.